The van der Waals surface area contributed by atoms with Gasteiger partial charge in [0.1, 0.15) is 11.7 Å². The summed E-state index contributed by atoms with van der Waals surface area (Å²) in [7, 11) is 1.41. The molecule has 2 saturated carbocycles. The van der Waals surface area contributed by atoms with Crippen molar-refractivity contribution in [2.24, 2.45) is 17.8 Å². The number of aryl methyl sites for hydroxylation is 1. The van der Waals surface area contributed by atoms with Crippen molar-refractivity contribution in [3.8, 4) is 0 Å². The van der Waals surface area contributed by atoms with E-state index in [-0.39, 0.29) is 18.2 Å². The second-order valence-corrected chi connectivity index (χ2v) is 11.3. The molecule has 6 rings (SSSR count). The maximum Gasteiger partial charge on any atom is 0.410 e. The van der Waals surface area contributed by atoms with Crippen molar-refractivity contribution in [2.75, 3.05) is 20.3 Å². The van der Waals surface area contributed by atoms with Crippen molar-refractivity contribution in [3.63, 3.8) is 0 Å². The van der Waals surface area contributed by atoms with Crippen LogP contribution in [0.3, 0.4) is 0 Å². The van der Waals surface area contributed by atoms with E-state index >= 15 is 0 Å². The Morgan fingerprint density at radius 2 is 2.02 bits per heavy atom. The number of aromatic nitrogens is 5. The van der Waals surface area contributed by atoms with E-state index in [2.05, 4.69) is 20.7 Å². The van der Waals surface area contributed by atoms with Gasteiger partial charge in [0, 0.05) is 12.7 Å². The molecule has 3 aromatic heterocycles. The number of ether oxygens (including phenoxy) is 1. The van der Waals surface area contributed by atoms with E-state index in [1.807, 2.05) is 5.32 Å². The molecule has 1 aliphatic heterocycles. The summed E-state index contributed by atoms with van der Waals surface area (Å²) in [6.45, 7) is 1.07. The third-order valence-corrected chi connectivity index (χ3v) is 8.75. The second-order valence-electron chi connectivity index (χ2n) is 11.3. The normalized spacial score (nSPS) is 25.9. The third kappa shape index (κ3) is 5.22. The van der Waals surface area contributed by atoms with E-state index in [9.17, 15) is 22.8 Å². The number of nitrogens with zero attached hydrogens (tertiary/aromatic N) is 6. The number of fused-ring (bicyclic) bond motifs is 2. The highest BCUT2D eigenvalue weighted by molar-refractivity contribution is 5.93. The third-order valence-electron chi connectivity index (χ3n) is 8.75. The second kappa shape index (κ2) is 10.6. The minimum Gasteiger partial charge on any atom is -0.382 e. The molecule has 3 aromatic rings. The molecule has 3 fully saturated rings. The molecule has 0 aromatic carbocycles. The zero-order chi connectivity index (χ0) is 28.9. The number of halogens is 3. The number of nitrogens with one attached hydrogen (secondary N) is 2. The lowest BCUT2D eigenvalue weighted by Crippen LogP contribution is -2.40. The summed E-state index contributed by atoms with van der Waals surface area (Å²) in [4.78, 5) is 31.6. The van der Waals surface area contributed by atoms with Gasteiger partial charge in [-0.05, 0) is 48.7 Å². The van der Waals surface area contributed by atoms with Crippen LogP contribution in [0.4, 0.5) is 18.0 Å². The van der Waals surface area contributed by atoms with Gasteiger partial charge >= 0.3 is 12.2 Å². The molecule has 3 aliphatic rings. The number of alkyl halides is 3. The molecule has 3 amide bonds. The Morgan fingerprint density at radius 1 is 1.27 bits per heavy atom. The lowest BCUT2D eigenvalue weighted by molar-refractivity contribution is -0.150. The number of rotatable bonds is 8. The zero-order valence-electron chi connectivity index (χ0n) is 22.6. The largest absolute Gasteiger partial charge is 0.410 e. The fourth-order valence-corrected chi connectivity index (χ4v) is 6.74. The monoisotopic (exact) mass is 576 g/mol. The van der Waals surface area contributed by atoms with Crippen molar-refractivity contribution in [1.29, 1.82) is 0 Å². The Hall–Kier alpha value is -3.75. The number of imidazole rings is 1. The van der Waals surface area contributed by atoms with Crippen LogP contribution in [0.2, 0.25) is 0 Å². The molecule has 5 unspecified atom stereocenters. The number of amides is 3. The van der Waals surface area contributed by atoms with Gasteiger partial charge in [-0.1, -0.05) is 24.4 Å². The summed E-state index contributed by atoms with van der Waals surface area (Å²) in [5, 5.41) is 17.0. The lowest BCUT2D eigenvalue weighted by atomic mass is 9.92. The molecule has 41 heavy (non-hydrogen) atoms. The van der Waals surface area contributed by atoms with Gasteiger partial charge in [0.15, 0.2) is 11.3 Å². The molecule has 1 saturated heterocycles. The highest BCUT2D eigenvalue weighted by Gasteiger charge is 2.49. The van der Waals surface area contributed by atoms with Crippen LogP contribution in [0.5, 0.6) is 0 Å². The first kappa shape index (κ1) is 27.4. The molecule has 5 atom stereocenters. The van der Waals surface area contributed by atoms with Crippen LogP contribution in [-0.2, 0) is 4.74 Å². The summed E-state index contributed by atoms with van der Waals surface area (Å²) in [6.07, 6.45) is 4.21. The average molecular weight is 577 g/mol. The molecule has 2 N–H and O–H groups in total. The first-order chi connectivity index (χ1) is 19.6. The summed E-state index contributed by atoms with van der Waals surface area (Å²) in [5.41, 5.74) is 2.02. The Bertz CT molecular complexity index is 1430. The van der Waals surface area contributed by atoms with Crippen LogP contribution in [0.15, 0.2) is 23.1 Å². The number of urea groups is 1. The topological polar surface area (TPSA) is 140 Å². The predicted octanol–water partition coefficient (Wildman–Crippen LogP) is 3.36. The van der Waals surface area contributed by atoms with Gasteiger partial charge in [-0.15, -0.1) is 0 Å². The quantitative estimate of drug-likeness (QED) is 0.416. The average Bonchev–Trinajstić information content (AvgIpc) is 3.73. The lowest BCUT2D eigenvalue weighted by Gasteiger charge is -2.26. The fourth-order valence-electron chi connectivity index (χ4n) is 6.74. The summed E-state index contributed by atoms with van der Waals surface area (Å²) < 4.78 is 51.5. The summed E-state index contributed by atoms with van der Waals surface area (Å²) in [5.74, 6) is 1.00. The Balaban J connectivity index is 1.30. The van der Waals surface area contributed by atoms with Gasteiger partial charge in [-0.2, -0.15) is 18.3 Å². The van der Waals surface area contributed by atoms with E-state index in [1.165, 1.54) is 32.6 Å². The number of hydrogen-bond donors (Lipinski definition) is 2. The SMILES string of the molecule is COCC(c1cnn2cc(C(NC(=O)c3nonc3C)C3CC4CCCC4C3)nc2c1)N1CC(C(F)(F)F)NC1=O. The number of methoxy groups -OCH3 is 1. The van der Waals surface area contributed by atoms with Crippen molar-refractivity contribution >= 4 is 17.6 Å². The summed E-state index contributed by atoms with van der Waals surface area (Å²) >= 11 is 0. The van der Waals surface area contributed by atoms with E-state index in [1.54, 1.807) is 23.7 Å². The van der Waals surface area contributed by atoms with E-state index in [0.29, 0.717) is 34.4 Å². The zero-order valence-corrected chi connectivity index (χ0v) is 22.6. The van der Waals surface area contributed by atoms with Crippen molar-refractivity contribution < 1.29 is 32.1 Å². The smallest absolute Gasteiger partial charge is 0.382 e. The van der Waals surface area contributed by atoms with Crippen molar-refractivity contribution in [2.45, 2.75) is 63.3 Å². The molecule has 12 nitrogen and oxygen atoms in total. The number of carbonyl (C=O) groups excluding carboxylic acids is 2. The Labute approximate surface area is 232 Å². The molecule has 15 heteroatoms. The highest BCUT2D eigenvalue weighted by atomic mass is 19.4. The molecular weight excluding hydrogens is 545 g/mol. The minimum atomic E-state index is -4.57. The molecular formula is C26H31F3N8O4. The number of hydrogen-bond acceptors (Lipinski definition) is 8. The summed E-state index contributed by atoms with van der Waals surface area (Å²) in [6, 6.07) is -2.34. The van der Waals surface area contributed by atoms with Gasteiger partial charge in [0.05, 0.1) is 43.3 Å². The number of carbonyl (C=O) groups is 2. The standard InChI is InChI=1S/C26H31F3N8O4/c1-13-22(35-41-34-13)24(38)33-23(16-6-14-4-3-5-15(14)7-16)18-10-37-21(31-18)8-17(9-30-37)19(12-40-2)36-11-20(26(27,28)29)32-25(36)39/h8-10,14-16,19-20,23H,3-7,11-12H2,1-2H3,(H,32,39)(H,33,38). The maximum atomic E-state index is 13.3. The minimum absolute atomic E-state index is 0.0297. The molecule has 4 heterocycles. The Morgan fingerprint density at radius 3 is 2.66 bits per heavy atom. The van der Waals surface area contributed by atoms with Crippen LogP contribution in [0, 0.1) is 24.7 Å². The van der Waals surface area contributed by atoms with E-state index in [0.717, 1.165) is 17.7 Å². The van der Waals surface area contributed by atoms with Gasteiger partial charge in [0.25, 0.3) is 5.91 Å². The van der Waals surface area contributed by atoms with E-state index < -0.39 is 42.8 Å². The van der Waals surface area contributed by atoms with Crippen molar-refractivity contribution in [1.82, 2.24) is 40.4 Å². The van der Waals surface area contributed by atoms with Gasteiger partial charge in [-0.25, -0.2) is 18.9 Å². The van der Waals surface area contributed by atoms with Crippen molar-refractivity contribution in [3.05, 3.63) is 41.1 Å². The first-order valence-corrected chi connectivity index (χ1v) is 13.7. The van der Waals surface area contributed by atoms with Crippen LogP contribution in [0.1, 0.15) is 71.6 Å². The van der Waals surface area contributed by atoms with Crippen LogP contribution in [-0.4, -0.2) is 74.2 Å². The van der Waals surface area contributed by atoms with Gasteiger partial charge in [0.2, 0.25) is 0 Å². The van der Waals surface area contributed by atoms with Gasteiger partial charge in [-0.3, -0.25) is 4.79 Å². The van der Waals surface area contributed by atoms with Crippen LogP contribution < -0.4 is 10.6 Å². The highest BCUT2D eigenvalue weighted by Crippen LogP contribution is 2.50. The molecule has 0 spiro atoms. The molecule has 0 radical (unpaired) electrons. The first-order valence-electron chi connectivity index (χ1n) is 13.7. The van der Waals surface area contributed by atoms with E-state index in [4.69, 9.17) is 14.3 Å². The fraction of sp³-hybridized carbons (Fsp3) is 0.615. The molecule has 220 valence electrons. The molecule has 2 aliphatic carbocycles. The maximum absolute atomic E-state index is 13.3. The Kier molecular flexibility index (Phi) is 7.08. The van der Waals surface area contributed by atoms with Crippen LogP contribution in [0.25, 0.3) is 5.65 Å². The predicted molar refractivity (Wildman–Crippen MR) is 135 cm³/mol. The van der Waals surface area contributed by atoms with Gasteiger partial charge < -0.3 is 20.3 Å². The van der Waals surface area contributed by atoms with Crippen LogP contribution >= 0.6 is 0 Å². The molecule has 0 bridgehead atoms.